The number of carbonyl (C=O) groups is 7. The highest BCUT2D eigenvalue weighted by Gasteiger charge is 2.45. The number of benzene rings is 2. The zero-order chi connectivity index (χ0) is 63.0. The number of esters is 1. The maximum absolute atomic E-state index is 13.9. The third kappa shape index (κ3) is 19.2. The minimum atomic E-state index is -2.00. The maximum atomic E-state index is 13.9. The second-order valence-electron chi connectivity index (χ2n) is 21.6. The second kappa shape index (κ2) is 33.8. The molecule has 0 saturated heterocycles. The van der Waals surface area contributed by atoms with Crippen LogP contribution in [0.3, 0.4) is 0 Å². The van der Waals surface area contributed by atoms with Gasteiger partial charge in [-0.3, -0.25) is 24.0 Å². The van der Waals surface area contributed by atoms with Crippen LogP contribution in [0.4, 0.5) is 15.3 Å². The molecule has 2 aromatic carbocycles. The first-order valence-electron chi connectivity index (χ1n) is 29.8. The molecule has 7 rings (SSSR count). The Morgan fingerprint density at radius 2 is 1.57 bits per heavy atom. The molecule has 2 aromatic heterocycles. The average molecular weight is 1220 g/mol. The minimum absolute atomic E-state index is 0.0120. The summed E-state index contributed by atoms with van der Waals surface area (Å²) in [5.41, 5.74) is 6.81. The molecule has 26 nitrogen and oxygen atoms in total. The average Bonchev–Trinajstić information content (AvgIpc) is 1.71. The lowest BCUT2D eigenvalue weighted by atomic mass is 9.86. The first-order valence-corrected chi connectivity index (χ1v) is 29.8. The van der Waals surface area contributed by atoms with Gasteiger partial charge in [-0.2, -0.15) is 0 Å². The number of nitrogens with two attached hydrogens (primary N) is 1. The van der Waals surface area contributed by atoms with Crippen LogP contribution in [0.15, 0.2) is 53.3 Å². The molecular weight excluding hydrogens is 1140 g/mol. The number of rotatable bonds is 34. The van der Waals surface area contributed by atoms with E-state index in [0.29, 0.717) is 90.0 Å². The molecular formula is C62H81N9O17. The van der Waals surface area contributed by atoms with Crippen molar-refractivity contribution >= 4 is 58.3 Å². The Morgan fingerprint density at radius 3 is 2.27 bits per heavy atom. The number of fused-ring (bicyclic) bond motifs is 5. The quantitative estimate of drug-likeness (QED) is 0.0166. The van der Waals surface area contributed by atoms with Crippen LogP contribution in [-0.4, -0.2) is 154 Å². The van der Waals surface area contributed by atoms with Gasteiger partial charge in [0.15, 0.2) is 5.60 Å². The monoisotopic (exact) mass is 1220 g/mol. The zero-order valence-electron chi connectivity index (χ0n) is 50.3. The van der Waals surface area contributed by atoms with Gasteiger partial charge in [-0.15, -0.1) is 5.92 Å². The van der Waals surface area contributed by atoms with E-state index in [9.17, 15) is 43.5 Å². The van der Waals surface area contributed by atoms with E-state index in [-0.39, 0.29) is 114 Å². The van der Waals surface area contributed by atoms with Crippen molar-refractivity contribution in [2.75, 3.05) is 85.0 Å². The summed E-state index contributed by atoms with van der Waals surface area (Å²) in [6.45, 7) is 7.45. The Kier molecular flexibility index (Phi) is 25.9. The summed E-state index contributed by atoms with van der Waals surface area (Å²) in [5.74, 6) is 3.70. The van der Waals surface area contributed by atoms with Crippen LogP contribution in [0.5, 0.6) is 5.75 Å². The van der Waals surface area contributed by atoms with Crippen LogP contribution in [0.1, 0.15) is 106 Å². The number of hydrogen-bond acceptors (Lipinski definition) is 18. The van der Waals surface area contributed by atoms with E-state index in [1.165, 1.54) is 11.7 Å². The fourth-order valence-corrected chi connectivity index (χ4v) is 10.1. The number of carbonyl (C=O) groups excluding carboxylic acids is 7. The number of methoxy groups -OCH3 is 1. The van der Waals surface area contributed by atoms with Gasteiger partial charge in [0.25, 0.3) is 5.56 Å². The van der Waals surface area contributed by atoms with Crippen molar-refractivity contribution < 1.29 is 76.6 Å². The summed E-state index contributed by atoms with van der Waals surface area (Å²) < 4.78 is 45.6. The molecule has 1 aliphatic carbocycles. The van der Waals surface area contributed by atoms with Crippen LogP contribution >= 0.6 is 0 Å². The van der Waals surface area contributed by atoms with Gasteiger partial charge in [0.1, 0.15) is 43.8 Å². The van der Waals surface area contributed by atoms with Crippen molar-refractivity contribution in [2.45, 2.75) is 129 Å². The molecule has 0 spiro atoms. The standard InChI is InChI=1S/C62H81N9O17/c1-5-62(80)48-33-51-55-46(35-71(51)58(76)47(48)37-87-59(62)77)45(44-32-43(81-4)19-20-49(44)68-55)34-66-61(79)88-36-40-15-17-41(18-16-40)67-56(74)50(14-11-22-65-60(63)78)69-57(75)54(39(2)3)70-52(72)21-24-82-26-28-84-30-31-85-29-27-83-25-23-64-53(73)38-86-42-12-9-7-6-8-10-13-42/h15-20,32-33,39,42,50,54,80H,5-9,11-12,14,21-31,34-38H2,1-4H3,(H,64,73)(H,66,79)(H,67,74)(H,69,75)(H,70,72)(H3,63,65,78)/t42?,50-,54-,62-/m0/s1. The molecule has 1 unspecified atom stereocenters. The van der Waals surface area contributed by atoms with E-state index in [1.54, 1.807) is 69.3 Å². The number of ether oxygens (including phenoxy) is 8. The SMILES string of the molecule is CC[C@@]1(O)C(=O)OCc2c1cc1n(c2=O)Cc2c-1nc1ccc(OC)cc1c2CNC(=O)OCc1ccc(NC(=O)[C@H](CCCNC(N)=O)NC(=O)[C@@H](NC(=O)CCOCCOCCOCCOCCNC(=O)COC2C#CCCCCC2)C(C)C)cc1. The number of pyridine rings is 2. The molecule has 26 heteroatoms. The summed E-state index contributed by atoms with van der Waals surface area (Å²) in [5, 5.41) is 28.4. The van der Waals surface area contributed by atoms with Crippen molar-refractivity contribution in [1.29, 1.82) is 0 Å². The van der Waals surface area contributed by atoms with Crippen LogP contribution in [0, 0.1) is 17.8 Å². The van der Waals surface area contributed by atoms with Gasteiger partial charge in [0.2, 0.25) is 23.6 Å². The molecule has 0 fully saturated rings. The number of aliphatic hydroxyl groups is 1. The number of urea groups is 1. The summed E-state index contributed by atoms with van der Waals surface area (Å²) in [6.07, 6.45) is 4.35. The summed E-state index contributed by atoms with van der Waals surface area (Å²) in [7, 11) is 1.53. The summed E-state index contributed by atoms with van der Waals surface area (Å²) >= 11 is 0. The normalized spacial score (nSPS) is 16.4. The van der Waals surface area contributed by atoms with Gasteiger partial charge in [-0.25, -0.2) is 19.4 Å². The van der Waals surface area contributed by atoms with Gasteiger partial charge >= 0.3 is 18.1 Å². The number of primary amides is 1. The fraction of sp³-hybridized carbons (Fsp3) is 0.532. The van der Waals surface area contributed by atoms with E-state index >= 15 is 0 Å². The molecule has 9 N–H and O–H groups in total. The highest BCUT2D eigenvalue weighted by Crippen LogP contribution is 2.41. The highest BCUT2D eigenvalue weighted by atomic mass is 16.6. The van der Waals surface area contributed by atoms with Gasteiger partial charge in [0.05, 0.1) is 89.0 Å². The largest absolute Gasteiger partial charge is 0.497 e. The Hall–Kier alpha value is -8.19. The predicted octanol–water partition coefficient (Wildman–Crippen LogP) is 3.45. The first-order chi connectivity index (χ1) is 42.5. The van der Waals surface area contributed by atoms with E-state index in [4.69, 9.17) is 48.6 Å². The van der Waals surface area contributed by atoms with Gasteiger partial charge in [0, 0.05) is 54.7 Å². The van der Waals surface area contributed by atoms with Crippen molar-refractivity contribution in [3.8, 4) is 29.0 Å². The van der Waals surface area contributed by atoms with Gasteiger partial charge < -0.3 is 85.2 Å². The van der Waals surface area contributed by atoms with Crippen LogP contribution in [0.2, 0.25) is 0 Å². The summed E-state index contributed by atoms with van der Waals surface area (Å²) in [4.78, 5) is 109. The fourth-order valence-electron chi connectivity index (χ4n) is 10.1. The molecule has 4 aromatic rings. The Labute approximate surface area is 510 Å². The molecule has 4 heterocycles. The van der Waals surface area contributed by atoms with Crippen molar-refractivity contribution in [2.24, 2.45) is 11.7 Å². The van der Waals surface area contributed by atoms with E-state index < -0.39 is 59.1 Å². The smallest absolute Gasteiger partial charge is 0.407 e. The number of hydrogen-bond donors (Lipinski definition) is 8. The molecule has 0 radical (unpaired) electrons. The third-order valence-corrected chi connectivity index (χ3v) is 15.0. The number of alkyl carbamates (subject to hydrolysis) is 1. The minimum Gasteiger partial charge on any atom is -0.497 e. The van der Waals surface area contributed by atoms with Crippen molar-refractivity contribution in [3.63, 3.8) is 0 Å². The van der Waals surface area contributed by atoms with Crippen molar-refractivity contribution in [1.82, 2.24) is 36.1 Å². The van der Waals surface area contributed by atoms with Crippen LogP contribution < -0.4 is 47.9 Å². The lowest BCUT2D eigenvalue weighted by Gasteiger charge is -2.31. The second-order valence-corrected chi connectivity index (χ2v) is 21.6. The summed E-state index contributed by atoms with van der Waals surface area (Å²) in [6, 6.07) is 10.5. The van der Waals surface area contributed by atoms with Gasteiger partial charge in [-0.05, 0) is 92.0 Å². The third-order valence-electron chi connectivity index (χ3n) is 15.0. The topological polar surface area (TPSA) is 347 Å². The van der Waals surface area contributed by atoms with Crippen LogP contribution in [0.25, 0.3) is 22.3 Å². The molecule has 7 amide bonds. The van der Waals surface area contributed by atoms with Gasteiger partial charge in [-0.1, -0.05) is 45.2 Å². The lowest BCUT2D eigenvalue weighted by Crippen LogP contribution is -2.54. The number of nitrogens with one attached hydrogen (secondary N) is 6. The molecule has 88 heavy (non-hydrogen) atoms. The molecule has 4 atom stereocenters. The number of amides is 7. The van der Waals surface area contributed by atoms with Crippen molar-refractivity contribution in [3.05, 3.63) is 86.7 Å². The number of nitrogens with zero attached hydrogens (tertiary/aromatic N) is 2. The Balaban J connectivity index is 0.816. The van der Waals surface area contributed by atoms with Crippen LogP contribution in [-0.2, 0) is 89.0 Å². The Bertz CT molecular complexity index is 3220. The molecule has 476 valence electrons. The maximum Gasteiger partial charge on any atom is 0.407 e. The highest BCUT2D eigenvalue weighted by molar-refractivity contribution is 5.98. The molecule has 2 aliphatic heterocycles. The first kappa shape index (κ1) is 67.3. The van der Waals surface area contributed by atoms with E-state index in [0.717, 1.165) is 32.1 Å². The van der Waals surface area contributed by atoms with E-state index in [2.05, 4.69) is 43.7 Å². The number of aromatic nitrogens is 2. The van der Waals surface area contributed by atoms with E-state index in [1.807, 2.05) is 0 Å². The zero-order valence-corrected chi connectivity index (χ0v) is 50.3. The Morgan fingerprint density at radius 1 is 0.841 bits per heavy atom. The number of cyclic esters (lactones) is 1. The molecule has 3 aliphatic rings. The lowest BCUT2D eigenvalue weighted by molar-refractivity contribution is -0.172. The predicted molar refractivity (Wildman–Crippen MR) is 320 cm³/mol. The molecule has 0 saturated carbocycles. The molecule has 0 bridgehead atoms. The number of anilines is 1.